The number of hydrogen-bond donors (Lipinski definition) is 2. The Morgan fingerprint density at radius 1 is 1.05 bits per heavy atom. The summed E-state index contributed by atoms with van der Waals surface area (Å²) in [6, 6.07) is 2.45. The van der Waals surface area contributed by atoms with Crippen LogP contribution in [-0.4, -0.2) is 22.6 Å². The van der Waals surface area contributed by atoms with Gasteiger partial charge in [0.05, 0.1) is 0 Å². The molecule has 20 heavy (non-hydrogen) atoms. The maximum Gasteiger partial charge on any atom is 0.133 e. The maximum atomic E-state index is 4.61. The van der Waals surface area contributed by atoms with E-state index < -0.39 is 0 Å². The van der Waals surface area contributed by atoms with Crippen LogP contribution in [0.2, 0.25) is 0 Å². The molecule has 0 amide bonds. The third kappa shape index (κ3) is 6.22. The van der Waals surface area contributed by atoms with Crippen molar-refractivity contribution in [3.63, 3.8) is 0 Å². The summed E-state index contributed by atoms with van der Waals surface area (Å²) in [5, 5.41) is 6.78. The highest BCUT2D eigenvalue weighted by atomic mass is 15.1. The van der Waals surface area contributed by atoms with Crippen molar-refractivity contribution < 1.29 is 0 Å². The first kappa shape index (κ1) is 16.7. The van der Waals surface area contributed by atoms with Gasteiger partial charge in [-0.1, -0.05) is 20.8 Å². The number of hydrogen-bond acceptors (Lipinski definition) is 4. The number of anilines is 2. The summed E-state index contributed by atoms with van der Waals surface area (Å²) in [6.07, 6.45) is 4.40. The molecule has 2 N–H and O–H groups in total. The van der Waals surface area contributed by atoms with Gasteiger partial charge in [0.15, 0.2) is 0 Å². The first-order chi connectivity index (χ1) is 9.55. The predicted octanol–water partition coefficient (Wildman–Crippen LogP) is 4.10. The van der Waals surface area contributed by atoms with Crippen molar-refractivity contribution in [2.45, 2.75) is 66.3 Å². The lowest BCUT2D eigenvalue weighted by Gasteiger charge is -2.17. The van der Waals surface area contributed by atoms with Gasteiger partial charge in [0, 0.05) is 25.1 Å². The molecule has 1 rings (SSSR count). The van der Waals surface area contributed by atoms with E-state index in [0.29, 0.717) is 6.04 Å². The van der Waals surface area contributed by atoms with Gasteiger partial charge in [0.1, 0.15) is 17.5 Å². The molecule has 0 saturated carbocycles. The van der Waals surface area contributed by atoms with Crippen LogP contribution in [0.5, 0.6) is 0 Å². The Morgan fingerprint density at radius 2 is 1.75 bits per heavy atom. The van der Waals surface area contributed by atoms with Crippen molar-refractivity contribution in [1.82, 2.24) is 9.97 Å². The summed E-state index contributed by atoms with van der Waals surface area (Å²) in [5.41, 5.74) is 0. The molecule has 4 nitrogen and oxygen atoms in total. The van der Waals surface area contributed by atoms with Crippen LogP contribution >= 0.6 is 0 Å². The topological polar surface area (TPSA) is 49.8 Å². The Bertz CT molecular complexity index is 366. The van der Waals surface area contributed by atoms with Crippen molar-refractivity contribution in [3.05, 3.63) is 11.9 Å². The molecule has 1 aromatic rings. The van der Waals surface area contributed by atoms with Crippen LogP contribution in [0, 0.1) is 5.92 Å². The Hall–Kier alpha value is -1.32. The van der Waals surface area contributed by atoms with Crippen LogP contribution in [0.15, 0.2) is 6.07 Å². The zero-order chi connectivity index (χ0) is 15.0. The van der Waals surface area contributed by atoms with E-state index in [2.05, 4.69) is 55.2 Å². The summed E-state index contributed by atoms with van der Waals surface area (Å²) in [5.74, 6) is 3.53. The molecule has 0 saturated heterocycles. The second kappa shape index (κ2) is 8.77. The summed E-state index contributed by atoms with van der Waals surface area (Å²) >= 11 is 0. The highest BCUT2D eigenvalue weighted by Crippen LogP contribution is 2.15. The lowest BCUT2D eigenvalue weighted by Crippen LogP contribution is -2.18. The maximum absolute atomic E-state index is 4.61. The van der Waals surface area contributed by atoms with E-state index in [1.807, 2.05) is 6.07 Å². The third-order valence-electron chi connectivity index (χ3n) is 3.18. The van der Waals surface area contributed by atoms with Gasteiger partial charge < -0.3 is 10.6 Å². The Labute approximate surface area is 123 Å². The highest BCUT2D eigenvalue weighted by molar-refractivity contribution is 5.48. The van der Waals surface area contributed by atoms with Crippen molar-refractivity contribution in [1.29, 1.82) is 0 Å². The van der Waals surface area contributed by atoms with Gasteiger partial charge >= 0.3 is 0 Å². The molecule has 0 aromatic carbocycles. The standard InChI is InChI=1S/C16H30N4/c1-6-8-14-19-15(17-7-2)11-16(20-14)18-13(5)10-9-12(3)4/h11-13H,6-10H2,1-5H3,(H2,17,18,19,20). The molecule has 0 aliphatic heterocycles. The van der Waals surface area contributed by atoms with E-state index >= 15 is 0 Å². The third-order valence-corrected chi connectivity index (χ3v) is 3.18. The fourth-order valence-corrected chi connectivity index (χ4v) is 2.09. The van der Waals surface area contributed by atoms with Gasteiger partial charge in [-0.15, -0.1) is 0 Å². The number of nitrogens with one attached hydrogen (secondary N) is 2. The van der Waals surface area contributed by atoms with Crippen molar-refractivity contribution in [2.24, 2.45) is 5.92 Å². The summed E-state index contributed by atoms with van der Waals surface area (Å²) in [6.45, 7) is 11.9. The zero-order valence-corrected chi connectivity index (χ0v) is 13.7. The summed E-state index contributed by atoms with van der Waals surface area (Å²) in [7, 11) is 0. The molecule has 1 atom stereocenters. The largest absolute Gasteiger partial charge is 0.370 e. The number of aromatic nitrogens is 2. The van der Waals surface area contributed by atoms with Crippen molar-refractivity contribution >= 4 is 11.6 Å². The fraction of sp³-hybridized carbons (Fsp3) is 0.750. The number of aryl methyl sites for hydroxylation is 1. The minimum Gasteiger partial charge on any atom is -0.370 e. The minimum atomic E-state index is 0.441. The van der Waals surface area contributed by atoms with Crippen LogP contribution in [-0.2, 0) is 6.42 Å². The van der Waals surface area contributed by atoms with Crippen LogP contribution in [0.1, 0.15) is 59.7 Å². The van der Waals surface area contributed by atoms with Gasteiger partial charge in [0.25, 0.3) is 0 Å². The van der Waals surface area contributed by atoms with Crippen LogP contribution in [0.4, 0.5) is 11.6 Å². The molecule has 1 heterocycles. The number of rotatable bonds is 9. The lowest BCUT2D eigenvalue weighted by molar-refractivity contribution is 0.527. The van der Waals surface area contributed by atoms with Gasteiger partial charge in [-0.25, -0.2) is 9.97 Å². The second-order valence-electron chi connectivity index (χ2n) is 5.85. The van der Waals surface area contributed by atoms with Crippen LogP contribution in [0.3, 0.4) is 0 Å². The van der Waals surface area contributed by atoms with Gasteiger partial charge in [0.2, 0.25) is 0 Å². The van der Waals surface area contributed by atoms with E-state index in [1.54, 1.807) is 0 Å². The highest BCUT2D eigenvalue weighted by Gasteiger charge is 2.08. The molecule has 0 fully saturated rings. The van der Waals surface area contributed by atoms with Crippen molar-refractivity contribution in [3.8, 4) is 0 Å². The SMILES string of the molecule is CCCc1nc(NCC)cc(NC(C)CCC(C)C)n1. The van der Waals surface area contributed by atoms with E-state index in [0.717, 1.165) is 42.8 Å². The summed E-state index contributed by atoms with van der Waals surface area (Å²) < 4.78 is 0. The Morgan fingerprint density at radius 3 is 2.35 bits per heavy atom. The lowest BCUT2D eigenvalue weighted by atomic mass is 10.0. The predicted molar refractivity (Wildman–Crippen MR) is 87.3 cm³/mol. The van der Waals surface area contributed by atoms with Crippen molar-refractivity contribution in [2.75, 3.05) is 17.2 Å². The summed E-state index contributed by atoms with van der Waals surface area (Å²) in [4.78, 5) is 9.14. The quantitative estimate of drug-likeness (QED) is 0.714. The molecule has 0 aliphatic carbocycles. The van der Waals surface area contributed by atoms with E-state index in [-0.39, 0.29) is 0 Å². The smallest absolute Gasteiger partial charge is 0.133 e. The molecule has 0 aliphatic rings. The van der Waals surface area contributed by atoms with Gasteiger partial charge in [-0.3, -0.25) is 0 Å². The van der Waals surface area contributed by atoms with E-state index in [4.69, 9.17) is 0 Å². The van der Waals surface area contributed by atoms with E-state index in [1.165, 1.54) is 12.8 Å². The normalized spacial score (nSPS) is 12.5. The zero-order valence-electron chi connectivity index (χ0n) is 13.7. The monoisotopic (exact) mass is 278 g/mol. The first-order valence-corrected chi connectivity index (χ1v) is 7.93. The van der Waals surface area contributed by atoms with Gasteiger partial charge in [-0.05, 0) is 39.0 Å². The van der Waals surface area contributed by atoms with Crippen LogP contribution in [0.25, 0.3) is 0 Å². The molecular formula is C16H30N4. The van der Waals surface area contributed by atoms with E-state index in [9.17, 15) is 0 Å². The average molecular weight is 278 g/mol. The Balaban J connectivity index is 2.71. The molecule has 114 valence electrons. The minimum absolute atomic E-state index is 0.441. The molecule has 4 heteroatoms. The molecule has 0 bridgehead atoms. The fourth-order valence-electron chi connectivity index (χ4n) is 2.09. The van der Waals surface area contributed by atoms with Gasteiger partial charge in [-0.2, -0.15) is 0 Å². The Kier molecular flexibility index (Phi) is 7.34. The molecule has 1 aromatic heterocycles. The van der Waals surface area contributed by atoms with Crippen LogP contribution < -0.4 is 10.6 Å². The average Bonchev–Trinajstić information content (AvgIpc) is 2.37. The first-order valence-electron chi connectivity index (χ1n) is 7.93. The number of nitrogens with zero attached hydrogens (tertiary/aromatic N) is 2. The second-order valence-corrected chi connectivity index (χ2v) is 5.85. The molecule has 0 radical (unpaired) electrons. The molecule has 0 spiro atoms. The molecule has 1 unspecified atom stereocenters. The molecular weight excluding hydrogens is 248 g/mol.